The SMILES string of the molecule is COc1ccc(N2CCN(CC(=O)Nc3ccccc3C)C2=O)cc1OC. The van der Waals surface area contributed by atoms with Gasteiger partial charge in [0.05, 0.1) is 14.2 Å². The molecule has 0 atom stereocenters. The zero-order chi connectivity index (χ0) is 19.4. The van der Waals surface area contributed by atoms with Crippen LogP contribution in [0.15, 0.2) is 42.5 Å². The molecule has 2 aromatic rings. The first-order valence-corrected chi connectivity index (χ1v) is 8.67. The number of anilines is 2. The Morgan fingerprint density at radius 3 is 2.52 bits per heavy atom. The molecule has 3 rings (SSSR count). The minimum Gasteiger partial charge on any atom is -0.493 e. The lowest BCUT2D eigenvalue weighted by Gasteiger charge is -2.19. The molecule has 7 nitrogen and oxygen atoms in total. The fourth-order valence-corrected chi connectivity index (χ4v) is 3.04. The van der Waals surface area contributed by atoms with Gasteiger partial charge in [-0.05, 0) is 30.7 Å². The van der Waals surface area contributed by atoms with Crippen molar-refractivity contribution in [2.24, 2.45) is 0 Å². The molecular formula is C20H23N3O4. The molecule has 2 aromatic carbocycles. The van der Waals surface area contributed by atoms with Gasteiger partial charge in [-0.1, -0.05) is 18.2 Å². The van der Waals surface area contributed by atoms with Crippen molar-refractivity contribution >= 4 is 23.3 Å². The van der Waals surface area contributed by atoms with Crippen LogP contribution in [0.3, 0.4) is 0 Å². The topological polar surface area (TPSA) is 71.1 Å². The van der Waals surface area contributed by atoms with Crippen LogP contribution in [0.4, 0.5) is 16.2 Å². The predicted molar refractivity (Wildman–Crippen MR) is 104 cm³/mol. The van der Waals surface area contributed by atoms with Gasteiger partial charge in [0.2, 0.25) is 5.91 Å². The van der Waals surface area contributed by atoms with Crippen LogP contribution in [0.2, 0.25) is 0 Å². The van der Waals surface area contributed by atoms with Crippen molar-refractivity contribution in [3.8, 4) is 11.5 Å². The third kappa shape index (κ3) is 3.97. The molecule has 0 spiro atoms. The molecule has 1 aliphatic heterocycles. The first-order chi connectivity index (χ1) is 13.0. The number of aryl methyl sites for hydroxylation is 1. The Kier molecular flexibility index (Phi) is 5.49. The number of nitrogens with zero attached hydrogens (tertiary/aromatic N) is 2. The van der Waals surface area contributed by atoms with Crippen molar-refractivity contribution in [1.29, 1.82) is 0 Å². The summed E-state index contributed by atoms with van der Waals surface area (Å²) in [4.78, 5) is 28.2. The lowest BCUT2D eigenvalue weighted by Crippen LogP contribution is -2.37. The molecule has 1 heterocycles. The van der Waals surface area contributed by atoms with Gasteiger partial charge < -0.3 is 19.7 Å². The Morgan fingerprint density at radius 2 is 1.81 bits per heavy atom. The van der Waals surface area contributed by atoms with Crippen LogP contribution < -0.4 is 19.7 Å². The van der Waals surface area contributed by atoms with Gasteiger partial charge in [0.25, 0.3) is 0 Å². The number of urea groups is 1. The van der Waals surface area contributed by atoms with E-state index in [1.165, 1.54) is 4.90 Å². The number of amides is 3. The average Bonchev–Trinajstić information content (AvgIpc) is 3.03. The van der Waals surface area contributed by atoms with E-state index < -0.39 is 0 Å². The second kappa shape index (κ2) is 7.99. The van der Waals surface area contributed by atoms with Gasteiger partial charge in [-0.15, -0.1) is 0 Å². The fraction of sp³-hybridized carbons (Fsp3) is 0.300. The highest BCUT2D eigenvalue weighted by molar-refractivity contribution is 5.99. The Balaban J connectivity index is 1.66. The predicted octanol–water partition coefficient (Wildman–Crippen LogP) is 2.89. The zero-order valence-corrected chi connectivity index (χ0v) is 15.7. The second-order valence-corrected chi connectivity index (χ2v) is 6.26. The Hall–Kier alpha value is -3.22. The molecule has 1 aliphatic rings. The molecule has 1 N–H and O–H groups in total. The summed E-state index contributed by atoms with van der Waals surface area (Å²) in [6.07, 6.45) is 0. The number of methoxy groups -OCH3 is 2. The van der Waals surface area contributed by atoms with Crippen LogP contribution in [-0.4, -0.2) is 50.7 Å². The van der Waals surface area contributed by atoms with E-state index in [1.807, 2.05) is 31.2 Å². The van der Waals surface area contributed by atoms with Crippen LogP contribution in [0, 0.1) is 6.92 Å². The normalized spacial score (nSPS) is 13.7. The number of hydrogen-bond acceptors (Lipinski definition) is 4. The van der Waals surface area contributed by atoms with Gasteiger partial charge in [0, 0.05) is 30.5 Å². The third-order valence-electron chi connectivity index (χ3n) is 4.53. The molecule has 27 heavy (non-hydrogen) atoms. The maximum absolute atomic E-state index is 12.7. The largest absolute Gasteiger partial charge is 0.493 e. The minimum absolute atomic E-state index is 0.0109. The summed E-state index contributed by atoms with van der Waals surface area (Å²) in [7, 11) is 3.11. The van der Waals surface area contributed by atoms with E-state index in [9.17, 15) is 9.59 Å². The molecule has 1 fully saturated rings. The van der Waals surface area contributed by atoms with Crippen molar-refractivity contribution in [2.75, 3.05) is 44.1 Å². The standard InChI is InChI=1S/C20H23N3O4/c1-14-6-4-5-7-16(14)21-19(24)13-22-10-11-23(20(22)25)15-8-9-17(26-2)18(12-15)27-3/h4-9,12H,10-11,13H2,1-3H3,(H,21,24). The smallest absolute Gasteiger partial charge is 0.325 e. The maximum atomic E-state index is 12.7. The van der Waals surface area contributed by atoms with E-state index in [2.05, 4.69) is 5.32 Å². The number of carbonyl (C=O) groups excluding carboxylic acids is 2. The van der Waals surface area contributed by atoms with Crippen molar-refractivity contribution in [1.82, 2.24) is 4.90 Å². The van der Waals surface area contributed by atoms with Gasteiger partial charge >= 0.3 is 6.03 Å². The second-order valence-electron chi connectivity index (χ2n) is 6.26. The van der Waals surface area contributed by atoms with Crippen molar-refractivity contribution in [3.05, 3.63) is 48.0 Å². The zero-order valence-electron chi connectivity index (χ0n) is 15.7. The number of benzene rings is 2. The van der Waals surface area contributed by atoms with E-state index in [4.69, 9.17) is 9.47 Å². The van der Waals surface area contributed by atoms with Crippen LogP contribution >= 0.6 is 0 Å². The first-order valence-electron chi connectivity index (χ1n) is 8.67. The Morgan fingerprint density at radius 1 is 1.07 bits per heavy atom. The number of hydrogen-bond donors (Lipinski definition) is 1. The number of rotatable bonds is 6. The lowest BCUT2D eigenvalue weighted by atomic mass is 10.2. The highest BCUT2D eigenvalue weighted by atomic mass is 16.5. The quantitative estimate of drug-likeness (QED) is 0.850. The summed E-state index contributed by atoms with van der Waals surface area (Å²) < 4.78 is 10.5. The van der Waals surface area contributed by atoms with E-state index in [0.717, 1.165) is 11.3 Å². The van der Waals surface area contributed by atoms with Gasteiger partial charge in [-0.25, -0.2) is 4.79 Å². The van der Waals surface area contributed by atoms with Gasteiger partial charge in [-0.3, -0.25) is 9.69 Å². The summed E-state index contributed by atoms with van der Waals surface area (Å²) in [5, 5.41) is 2.86. The molecule has 0 aromatic heterocycles. The molecule has 3 amide bonds. The number of carbonyl (C=O) groups is 2. The van der Waals surface area contributed by atoms with Crippen LogP contribution in [-0.2, 0) is 4.79 Å². The fourth-order valence-electron chi connectivity index (χ4n) is 3.04. The van der Waals surface area contributed by atoms with Crippen molar-refractivity contribution < 1.29 is 19.1 Å². The van der Waals surface area contributed by atoms with Crippen LogP contribution in [0.25, 0.3) is 0 Å². The maximum Gasteiger partial charge on any atom is 0.325 e. The van der Waals surface area contributed by atoms with Gasteiger partial charge in [-0.2, -0.15) is 0 Å². The molecule has 0 saturated carbocycles. The van der Waals surface area contributed by atoms with E-state index in [0.29, 0.717) is 30.3 Å². The van der Waals surface area contributed by atoms with E-state index in [-0.39, 0.29) is 18.5 Å². The average molecular weight is 369 g/mol. The molecule has 0 bridgehead atoms. The molecule has 0 aliphatic carbocycles. The van der Waals surface area contributed by atoms with Gasteiger partial charge in [0.15, 0.2) is 11.5 Å². The highest BCUT2D eigenvalue weighted by Gasteiger charge is 2.31. The summed E-state index contributed by atoms with van der Waals surface area (Å²) in [5.41, 5.74) is 2.44. The summed E-state index contributed by atoms with van der Waals surface area (Å²) >= 11 is 0. The lowest BCUT2D eigenvalue weighted by molar-refractivity contribution is -0.116. The Labute approximate surface area is 158 Å². The summed E-state index contributed by atoms with van der Waals surface area (Å²) in [6, 6.07) is 12.7. The molecule has 0 unspecified atom stereocenters. The minimum atomic E-state index is -0.216. The monoisotopic (exact) mass is 369 g/mol. The number of para-hydroxylation sites is 1. The van der Waals surface area contributed by atoms with Crippen molar-refractivity contribution in [3.63, 3.8) is 0 Å². The van der Waals surface area contributed by atoms with Crippen LogP contribution in [0.5, 0.6) is 11.5 Å². The molecule has 1 saturated heterocycles. The first kappa shape index (κ1) is 18.6. The molecule has 0 radical (unpaired) electrons. The van der Waals surface area contributed by atoms with E-state index >= 15 is 0 Å². The Bertz CT molecular complexity index is 853. The summed E-state index contributed by atoms with van der Waals surface area (Å²) in [5.74, 6) is 0.938. The highest BCUT2D eigenvalue weighted by Crippen LogP contribution is 2.32. The van der Waals surface area contributed by atoms with Gasteiger partial charge in [0.1, 0.15) is 6.54 Å². The molecule has 142 valence electrons. The van der Waals surface area contributed by atoms with Crippen molar-refractivity contribution in [2.45, 2.75) is 6.92 Å². The third-order valence-corrected chi connectivity index (χ3v) is 4.53. The molecule has 7 heteroatoms. The number of ether oxygens (including phenoxy) is 2. The number of nitrogens with one attached hydrogen (secondary N) is 1. The molecular weight excluding hydrogens is 346 g/mol. The van der Waals surface area contributed by atoms with E-state index in [1.54, 1.807) is 37.3 Å². The van der Waals surface area contributed by atoms with Crippen LogP contribution in [0.1, 0.15) is 5.56 Å². The summed E-state index contributed by atoms with van der Waals surface area (Å²) in [6.45, 7) is 2.92.